The number of benzene rings is 12. The Bertz CT molecular complexity index is 3780. The average molecular weight is 916 g/mol. The highest BCUT2D eigenvalue weighted by molar-refractivity contribution is 5.96. The van der Waals surface area contributed by atoms with Crippen LogP contribution in [0.5, 0.6) is 0 Å². The maximum atomic E-state index is 2.42. The summed E-state index contributed by atoms with van der Waals surface area (Å²) >= 11 is 0. The van der Waals surface area contributed by atoms with Crippen molar-refractivity contribution in [2.75, 3.05) is 4.90 Å². The summed E-state index contributed by atoms with van der Waals surface area (Å²) in [6.45, 7) is 0. The summed E-state index contributed by atoms with van der Waals surface area (Å²) < 4.78 is 0. The number of hydrogen-bond donors (Lipinski definition) is 0. The quantitative estimate of drug-likeness (QED) is 0.132. The monoisotopic (exact) mass is 915 g/mol. The van der Waals surface area contributed by atoms with E-state index in [-0.39, 0.29) is 0 Å². The van der Waals surface area contributed by atoms with Gasteiger partial charge in [-0.25, -0.2) is 0 Å². The molecule has 1 nitrogen and oxygen atoms in total. The van der Waals surface area contributed by atoms with Gasteiger partial charge in [0.2, 0.25) is 0 Å². The molecule has 0 saturated carbocycles. The standard InChI is InChI=1S/C71H49N/c1-5-19-50(20-6-1)59-47-60(51-21-7-2-8-22-51)49-65(48-59)72(63-41-37-53(38-42-63)56-25-17-26-57(45-56)58-36-35-52-23-13-14-24-55(52)46-58)64-43-39-54(40-44-64)66-32-18-34-69-70(66)67-31-15-16-33-68(67)71(69,61-27-9-3-10-28-61)62-29-11-4-12-30-62/h1-49H. The van der Waals surface area contributed by atoms with Crippen LogP contribution < -0.4 is 4.90 Å². The first-order valence-electron chi connectivity index (χ1n) is 24.9. The van der Waals surface area contributed by atoms with Crippen LogP contribution >= 0.6 is 0 Å². The number of anilines is 3. The average Bonchev–Trinajstić information content (AvgIpc) is 3.78. The van der Waals surface area contributed by atoms with E-state index in [1.807, 2.05) is 0 Å². The van der Waals surface area contributed by atoms with Gasteiger partial charge in [-0.3, -0.25) is 0 Å². The molecule has 1 aliphatic carbocycles. The lowest BCUT2D eigenvalue weighted by atomic mass is 9.67. The molecule has 0 bridgehead atoms. The van der Waals surface area contributed by atoms with Crippen LogP contribution in [0.25, 0.3) is 77.5 Å². The third-order valence-corrected chi connectivity index (χ3v) is 14.7. The van der Waals surface area contributed by atoms with E-state index in [9.17, 15) is 0 Å². The third-order valence-electron chi connectivity index (χ3n) is 14.7. The number of hydrogen-bond acceptors (Lipinski definition) is 1. The van der Waals surface area contributed by atoms with Crippen molar-refractivity contribution in [3.05, 3.63) is 320 Å². The summed E-state index contributed by atoms with van der Waals surface area (Å²) in [5, 5.41) is 2.50. The lowest BCUT2D eigenvalue weighted by Gasteiger charge is -2.34. The molecule has 0 saturated heterocycles. The molecule has 72 heavy (non-hydrogen) atoms. The molecule has 0 radical (unpaired) electrons. The summed E-state index contributed by atoms with van der Waals surface area (Å²) in [5.74, 6) is 0. The van der Waals surface area contributed by atoms with Crippen molar-refractivity contribution in [3.63, 3.8) is 0 Å². The van der Waals surface area contributed by atoms with Crippen LogP contribution in [-0.2, 0) is 5.41 Å². The number of rotatable bonds is 10. The van der Waals surface area contributed by atoms with E-state index in [4.69, 9.17) is 0 Å². The molecule has 0 atom stereocenters. The lowest BCUT2D eigenvalue weighted by Crippen LogP contribution is -2.28. The first kappa shape index (κ1) is 42.8. The van der Waals surface area contributed by atoms with Crippen LogP contribution in [0.3, 0.4) is 0 Å². The zero-order chi connectivity index (χ0) is 47.8. The summed E-state index contributed by atoms with van der Waals surface area (Å²) in [4.78, 5) is 2.42. The Balaban J connectivity index is 0.943. The Labute approximate surface area is 422 Å². The summed E-state index contributed by atoms with van der Waals surface area (Å²) in [6.07, 6.45) is 0. The van der Waals surface area contributed by atoms with Crippen LogP contribution in [0.4, 0.5) is 17.1 Å². The predicted molar refractivity (Wildman–Crippen MR) is 303 cm³/mol. The molecule has 13 rings (SSSR count). The topological polar surface area (TPSA) is 3.24 Å². The molecule has 12 aromatic rings. The van der Waals surface area contributed by atoms with Crippen molar-refractivity contribution in [3.8, 4) is 66.8 Å². The third kappa shape index (κ3) is 7.51. The fourth-order valence-electron chi connectivity index (χ4n) is 11.4. The predicted octanol–water partition coefficient (Wildman–Crippen LogP) is 19.0. The summed E-state index contributed by atoms with van der Waals surface area (Å²) in [7, 11) is 0. The van der Waals surface area contributed by atoms with E-state index in [0.717, 1.165) is 28.2 Å². The van der Waals surface area contributed by atoms with Gasteiger partial charge in [0.15, 0.2) is 0 Å². The highest BCUT2D eigenvalue weighted by Gasteiger charge is 2.46. The molecule has 12 aromatic carbocycles. The van der Waals surface area contributed by atoms with Gasteiger partial charge >= 0.3 is 0 Å². The van der Waals surface area contributed by atoms with Gasteiger partial charge in [0.1, 0.15) is 0 Å². The first-order valence-corrected chi connectivity index (χ1v) is 24.9. The van der Waals surface area contributed by atoms with Crippen LogP contribution in [0.1, 0.15) is 22.3 Å². The molecule has 0 aliphatic heterocycles. The van der Waals surface area contributed by atoms with Crippen molar-refractivity contribution in [1.82, 2.24) is 0 Å². The van der Waals surface area contributed by atoms with Gasteiger partial charge in [-0.1, -0.05) is 243 Å². The van der Waals surface area contributed by atoms with Crippen molar-refractivity contribution in [2.45, 2.75) is 5.41 Å². The van der Waals surface area contributed by atoms with Crippen LogP contribution in [-0.4, -0.2) is 0 Å². The maximum Gasteiger partial charge on any atom is 0.0713 e. The molecule has 0 fully saturated rings. The zero-order valence-corrected chi connectivity index (χ0v) is 39.7. The van der Waals surface area contributed by atoms with Crippen LogP contribution in [0.2, 0.25) is 0 Å². The minimum atomic E-state index is -0.467. The minimum Gasteiger partial charge on any atom is -0.310 e. The van der Waals surface area contributed by atoms with E-state index in [0.29, 0.717) is 0 Å². The van der Waals surface area contributed by atoms with Gasteiger partial charge < -0.3 is 4.90 Å². The van der Waals surface area contributed by atoms with Crippen molar-refractivity contribution < 1.29 is 0 Å². The molecule has 0 spiro atoms. The fourth-order valence-corrected chi connectivity index (χ4v) is 11.4. The van der Waals surface area contributed by atoms with Gasteiger partial charge in [-0.15, -0.1) is 0 Å². The number of nitrogens with zero attached hydrogens (tertiary/aromatic N) is 1. The van der Waals surface area contributed by atoms with E-state index in [1.165, 1.54) is 88.7 Å². The first-order chi connectivity index (χ1) is 35.7. The zero-order valence-electron chi connectivity index (χ0n) is 39.7. The molecular weight excluding hydrogens is 867 g/mol. The smallest absolute Gasteiger partial charge is 0.0713 e. The van der Waals surface area contributed by atoms with Crippen LogP contribution in [0, 0.1) is 0 Å². The summed E-state index contributed by atoms with van der Waals surface area (Å²) in [5.41, 5.74) is 22.3. The largest absolute Gasteiger partial charge is 0.310 e. The van der Waals surface area contributed by atoms with Gasteiger partial charge in [-0.2, -0.15) is 0 Å². The molecule has 1 heteroatoms. The second kappa shape index (κ2) is 18.2. The molecule has 0 amide bonds. The van der Waals surface area contributed by atoms with Crippen molar-refractivity contribution >= 4 is 27.8 Å². The Morgan fingerprint density at radius 2 is 0.639 bits per heavy atom. The lowest BCUT2D eigenvalue weighted by molar-refractivity contribution is 0.768. The second-order valence-corrected chi connectivity index (χ2v) is 18.8. The van der Waals surface area contributed by atoms with Gasteiger partial charge in [0.25, 0.3) is 0 Å². The molecular formula is C71H49N. The van der Waals surface area contributed by atoms with Crippen LogP contribution in [0.15, 0.2) is 297 Å². The maximum absolute atomic E-state index is 2.42. The van der Waals surface area contributed by atoms with Crippen molar-refractivity contribution in [2.24, 2.45) is 0 Å². The molecule has 338 valence electrons. The van der Waals surface area contributed by atoms with Gasteiger partial charge in [0, 0.05) is 17.1 Å². The molecule has 0 unspecified atom stereocenters. The SMILES string of the molecule is c1ccc(-c2cc(-c3ccccc3)cc(N(c3ccc(-c4cccc(-c5ccc6ccccc6c5)c4)cc3)c3ccc(-c4cccc5c4-c4ccccc4C5(c4ccccc4)c4ccccc4)cc3)c2)cc1. The van der Waals surface area contributed by atoms with E-state index in [2.05, 4.69) is 302 Å². The highest BCUT2D eigenvalue weighted by Crippen LogP contribution is 2.58. The normalized spacial score (nSPS) is 12.3. The van der Waals surface area contributed by atoms with E-state index >= 15 is 0 Å². The number of fused-ring (bicyclic) bond motifs is 4. The van der Waals surface area contributed by atoms with E-state index < -0.39 is 5.41 Å². The fraction of sp³-hybridized carbons (Fsp3) is 0.0141. The Morgan fingerprint density at radius 1 is 0.222 bits per heavy atom. The van der Waals surface area contributed by atoms with Gasteiger partial charge in [0.05, 0.1) is 5.41 Å². The molecule has 0 N–H and O–H groups in total. The van der Waals surface area contributed by atoms with Gasteiger partial charge in [-0.05, 0) is 154 Å². The second-order valence-electron chi connectivity index (χ2n) is 18.8. The molecule has 0 heterocycles. The highest BCUT2D eigenvalue weighted by atomic mass is 15.1. The Hall–Kier alpha value is -9.30. The van der Waals surface area contributed by atoms with Crippen molar-refractivity contribution in [1.29, 1.82) is 0 Å². The molecule has 1 aliphatic rings. The van der Waals surface area contributed by atoms with E-state index in [1.54, 1.807) is 0 Å². The Morgan fingerprint density at radius 3 is 1.26 bits per heavy atom. The Kier molecular flexibility index (Phi) is 10.8. The summed E-state index contributed by atoms with van der Waals surface area (Å²) in [6, 6.07) is 109. The minimum absolute atomic E-state index is 0.467. The molecule has 0 aromatic heterocycles.